The summed E-state index contributed by atoms with van der Waals surface area (Å²) in [6.07, 6.45) is 0. The molecule has 3 heteroatoms. The summed E-state index contributed by atoms with van der Waals surface area (Å²) in [6.45, 7) is 26.3. The summed E-state index contributed by atoms with van der Waals surface area (Å²) in [6, 6.07) is 0. The van der Waals surface area contributed by atoms with Crippen molar-refractivity contribution < 1.29 is 0 Å². The minimum Gasteiger partial charge on any atom is -0.324 e. The molecule has 1 nitrogen and oxygen atoms in total. The quantitative estimate of drug-likeness (QED) is 0.535. The highest BCUT2D eigenvalue weighted by molar-refractivity contribution is 7.61. The largest absolute Gasteiger partial charge is 0.324 e. The molecule has 0 saturated carbocycles. The van der Waals surface area contributed by atoms with E-state index in [1.54, 1.807) is 0 Å². The van der Waals surface area contributed by atoms with Gasteiger partial charge in [-0.05, 0) is 40.9 Å². The molecular formula is C18H41NP2. The molecule has 2 unspecified atom stereocenters. The van der Waals surface area contributed by atoms with Crippen molar-refractivity contribution in [3.8, 4) is 0 Å². The van der Waals surface area contributed by atoms with Gasteiger partial charge in [0.2, 0.25) is 0 Å². The standard InChI is InChI=1S/C18H41NP2/c1-12(2)20(13(3)4)16(9)18(11,19)17(10)21(14(5)6)15(7)8/h12-17H,19H2,1-11H3. The van der Waals surface area contributed by atoms with Crippen LogP contribution in [0, 0.1) is 0 Å². The first-order chi connectivity index (χ1) is 9.35. The molecular weight excluding hydrogens is 292 g/mol. The van der Waals surface area contributed by atoms with Gasteiger partial charge in [-0.1, -0.05) is 85.1 Å². The van der Waals surface area contributed by atoms with Gasteiger partial charge in [-0.2, -0.15) is 0 Å². The van der Waals surface area contributed by atoms with E-state index in [4.69, 9.17) is 5.73 Å². The van der Waals surface area contributed by atoms with E-state index in [2.05, 4.69) is 76.2 Å². The highest BCUT2D eigenvalue weighted by atomic mass is 31.1. The van der Waals surface area contributed by atoms with Crippen LogP contribution in [0.15, 0.2) is 0 Å². The van der Waals surface area contributed by atoms with Crippen molar-refractivity contribution in [2.24, 2.45) is 5.73 Å². The van der Waals surface area contributed by atoms with Gasteiger partial charge in [-0.25, -0.2) is 0 Å². The average molecular weight is 333 g/mol. The first-order valence-electron chi connectivity index (χ1n) is 8.69. The molecule has 0 saturated heterocycles. The van der Waals surface area contributed by atoms with Crippen molar-refractivity contribution in [2.45, 2.75) is 116 Å². The van der Waals surface area contributed by atoms with E-state index in [-0.39, 0.29) is 21.4 Å². The zero-order chi connectivity index (χ0) is 17.1. The monoisotopic (exact) mass is 333 g/mol. The Morgan fingerprint density at radius 3 is 0.905 bits per heavy atom. The minimum atomic E-state index is -0.0551. The first-order valence-corrected chi connectivity index (χ1v) is 11.8. The summed E-state index contributed by atoms with van der Waals surface area (Å²) in [5, 5.41) is 0. The van der Waals surface area contributed by atoms with Crippen LogP contribution < -0.4 is 5.73 Å². The van der Waals surface area contributed by atoms with Gasteiger partial charge < -0.3 is 5.73 Å². The predicted octanol–water partition coefficient (Wildman–Crippen LogP) is 6.08. The van der Waals surface area contributed by atoms with Gasteiger partial charge in [-0.15, -0.1) is 0 Å². The van der Waals surface area contributed by atoms with Crippen molar-refractivity contribution in [3.63, 3.8) is 0 Å². The van der Waals surface area contributed by atoms with Gasteiger partial charge in [0.15, 0.2) is 0 Å². The van der Waals surface area contributed by atoms with Crippen LogP contribution in [0.1, 0.15) is 76.2 Å². The topological polar surface area (TPSA) is 26.0 Å². The third kappa shape index (κ3) is 5.44. The van der Waals surface area contributed by atoms with Gasteiger partial charge in [0.1, 0.15) is 0 Å². The van der Waals surface area contributed by atoms with E-state index in [0.29, 0.717) is 11.3 Å². The molecule has 0 aromatic heterocycles. The van der Waals surface area contributed by atoms with Crippen molar-refractivity contribution in [1.82, 2.24) is 0 Å². The molecule has 0 heterocycles. The zero-order valence-electron chi connectivity index (χ0n) is 16.4. The molecule has 0 spiro atoms. The molecule has 0 radical (unpaired) electrons. The maximum absolute atomic E-state index is 6.99. The molecule has 0 aromatic carbocycles. The summed E-state index contributed by atoms with van der Waals surface area (Å²) in [5.74, 6) is 0. The normalized spacial score (nSPS) is 19.1. The van der Waals surface area contributed by atoms with Crippen LogP contribution in [0.2, 0.25) is 0 Å². The number of hydrogen-bond acceptors (Lipinski definition) is 1. The Hall–Kier alpha value is 0.820. The Morgan fingerprint density at radius 1 is 0.571 bits per heavy atom. The number of rotatable bonds is 8. The second-order valence-corrected chi connectivity index (χ2v) is 15.5. The summed E-state index contributed by atoms with van der Waals surface area (Å²) in [5.41, 5.74) is 11.2. The van der Waals surface area contributed by atoms with Crippen LogP contribution in [-0.2, 0) is 0 Å². The molecule has 0 aliphatic rings. The molecule has 0 aromatic rings. The second-order valence-electron chi connectivity index (χ2n) is 7.99. The fourth-order valence-electron chi connectivity index (χ4n) is 3.97. The van der Waals surface area contributed by atoms with Crippen LogP contribution in [0.5, 0.6) is 0 Å². The van der Waals surface area contributed by atoms with Gasteiger partial charge in [0, 0.05) is 5.54 Å². The highest BCUT2D eigenvalue weighted by Gasteiger charge is 2.43. The Balaban J connectivity index is 5.42. The third-order valence-corrected chi connectivity index (χ3v) is 12.8. The van der Waals surface area contributed by atoms with Gasteiger partial charge in [-0.3, -0.25) is 0 Å². The number of nitrogens with two attached hydrogens (primary N) is 1. The molecule has 0 bridgehead atoms. The van der Waals surface area contributed by atoms with Crippen LogP contribution in [0.4, 0.5) is 0 Å². The lowest BCUT2D eigenvalue weighted by molar-refractivity contribution is 0.446. The Labute approximate surface area is 137 Å². The van der Waals surface area contributed by atoms with Crippen LogP contribution >= 0.6 is 15.8 Å². The maximum atomic E-state index is 6.99. The van der Waals surface area contributed by atoms with E-state index in [0.717, 1.165) is 22.6 Å². The fraction of sp³-hybridized carbons (Fsp3) is 1.00. The predicted molar refractivity (Wildman–Crippen MR) is 106 cm³/mol. The summed E-state index contributed by atoms with van der Waals surface area (Å²) < 4.78 is 0. The van der Waals surface area contributed by atoms with Crippen molar-refractivity contribution in [3.05, 3.63) is 0 Å². The molecule has 2 atom stereocenters. The van der Waals surface area contributed by atoms with Crippen molar-refractivity contribution in [1.29, 1.82) is 0 Å². The Kier molecular flexibility index (Phi) is 8.95. The zero-order valence-corrected chi connectivity index (χ0v) is 18.2. The van der Waals surface area contributed by atoms with Crippen LogP contribution in [0.25, 0.3) is 0 Å². The molecule has 0 rings (SSSR count). The maximum Gasteiger partial charge on any atom is 0.0257 e. The van der Waals surface area contributed by atoms with E-state index >= 15 is 0 Å². The van der Waals surface area contributed by atoms with Crippen LogP contribution in [0.3, 0.4) is 0 Å². The lowest BCUT2D eigenvalue weighted by Gasteiger charge is -2.49. The SMILES string of the molecule is CC(C)P(C(C)C)C(C)C(C)(N)C(C)P(C(C)C)C(C)C. The first kappa shape index (κ1) is 21.8. The third-order valence-electron chi connectivity index (χ3n) is 5.08. The molecule has 0 aliphatic carbocycles. The Morgan fingerprint density at radius 2 is 0.762 bits per heavy atom. The van der Waals surface area contributed by atoms with Gasteiger partial charge in [0.05, 0.1) is 0 Å². The Bertz CT molecular complexity index is 254. The fourth-order valence-corrected chi connectivity index (χ4v) is 11.8. The lowest BCUT2D eigenvalue weighted by Crippen LogP contribution is -2.55. The molecule has 2 N–H and O–H groups in total. The minimum absolute atomic E-state index is 0.0383. The van der Waals surface area contributed by atoms with Crippen molar-refractivity contribution >= 4 is 15.8 Å². The summed E-state index contributed by atoms with van der Waals surface area (Å²) in [7, 11) is -0.0766. The lowest BCUT2D eigenvalue weighted by atomic mass is 9.96. The van der Waals surface area contributed by atoms with Gasteiger partial charge >= 0.3 is 0 Å². The number of hydrogen-bond donors (Lipinski definition) is 1. The highest BCUT2D eigenvalue weighted by Crippen LogP contribution is 2.59. The van der Waals surface area contributed by atoms with E-state index < -0.39 is 0 Å². The smallest absolute Gasteiger partial charge is 0.0257 e. The summed E-state index contributed by atoms with van der Waals surface area (Å²) >= 11 is 0. The van der Waals surface area contributed by atoms with E-state index in [1.807, 2.05) is 0 Å². The molecule has 0 fully saturated rings. The van der Waals surface area contributed by atoms with E-state index in [1.165, 1.54) is 0 Å². The van der Waals surface area contributed by atoms with E-state index in [9.17, 15) is 0 Å². The molecule has 21 heavy (non-hydrogen) atoms. The summed E-state index contributed by atoms with van der Waals surface area (Å²) in [4.78, 5) is 0. The van der Waals surface area contributed by atoms with Crippen LogP contribution in [-0.4, -0.2) is 39.5 Å². The molecule has 0 aliphatic heterocycles. The molecule has 128 valence electrons. The van der Waals surface area contributed by atoms with Crippen molar-refractivity contribution in [2.75, 3.05) is 0 Å². The average Bonchev–Trinajstić information content (AvgIpc) is 2.26. The second kappa shape index (κ2) is 8.61. The van der Waals surface area contributed by atoms with Gasteiger partial charge in [0.25, 0.3) is 0 Å². The molecule has 0 amide bonds.